The van der Waals surface area contributed by atoms with E-state index in [1.54, 1.807) is 0 Å². The van der Waals surface area contributed by atoms with E-state index in [0.717, 1.165) is 11.6 Å². The number of rotatable bonds is 5. The molecule has 0 amide bonds. The third-order valence-corrected chi connectivity index (χ3v) is 3.06. The second-order valence-electron chi connectivity index (χ2n) is 4.59. The summed E-state index contributed by atoms with van der Waals surface area (Å²) in [4.78, 5) is 0. The monoisotopic (exact) mass is 295 g/mol. The molecule has 0 aliphatic carbocycles. The first kappa shape index (κ1) is 15.4. The number of hydrogen-bond donors (Lipinski definition) is 1. The Bertz CT molecular complexity index is 569. The lowest BCUT2D eigenvalue weighted by atomic mass is 10.1. The lowest BCUT2D eigenvalue weighted by Crippen LogP contribution is -2.16. The third kappa shape index (κ3) is 3.98. The van der Waals surface area contributed by atoms with Crippen LogP contribution in [0.1, 0.15) is 23.7 Å². The van der Waals surface area contributed by atoms with Gasteiger partial charge in [-0.3, -0.25) is 0 Å². The Morgan fingerprint density at radius 1 is 0.952 bits per heavy atom. The molecule has 0 bridgehead atoms. The molecule has 0 radical (unpaired) electrons. The standard InChI is InChI=1S/C16H16F3NO/c17-16(18,19)13-8-4-5-9-15(13)21-14(10-11-20)12-6-2-1-3-7-12/h1-9,14H,10-11,20H2. The normalized spacial score (nSPS) is 13.0. The average molecular weight is 295 g/mol. The summed E-state index contributed by atoms with van der Waals surface area (Å²) in [5, 5.41) is 0. The van der Waals surface area contributed by atoms with E-state index in [2.05, 4.69) is 0 Å². The van der Waals surface area contributed by atoms with Crippen molar-refractivity contribution in [3.63, 3.8) is 0 Å². The van der Waals surface area contributed by atoms with Crippen LogP contribution in [-0.4, -0.2) is 6.54 Å². The highest BCUT2D eigenvalue weighted by molar-refractivity contribution is 5.36. The van der Waals surface area contributed by atoms with Gasteiger partial charge in [0.25, 0.3) is 0 Å². The molecule has 2 rings (SSSR count). The van der Waals surface area contributed by atoms with Crippen LogP contribution in [0, 0.1) is 0 Å². The number of hydrogen-bond acceptors (Lipinski definition) is 2. The van der Waals surface area contributed by atoms with Crippen molar-refractivity contribution in [2.45, 2.75) is 18.7 Å². The lowest BCUT2D eigenvalue weighted by molar-refractivity contribution is -0.139. The fourth-order valence-electron chi connectivity index (χ4n) is 2.07. The van der Waals surface area contributed by atoms with Gasteiger partial charge in [0.2, 0.25) is 0 Å². The molecule has 2 nitrogen and oxygen atoms in total. The third-order valence-electron chi connectivity index (χ3n) is 3.06. The first-order chi connectivity index (χ1) is 10.0. The summed E-state index contributed by atoms with van der Waals surface area (Å²) in [5.41, 5.74) is 5.57. The summed E-state index contributed by atoms with van der Waals surface area (Å²) in [7, 11) is 0. The first-order valence-electron chi connectivity index (χ1n) is 6.60. The molecule has 0 aliphatic heterocycles. The zero-order valence-corrected chi connectivity index (χ0v) is 11.3. The van der Waals surface area contributed by atoms with Gasteiger partial charge in [0, 0.05) is 6.42 Å². The fraction of sp³-hybridized carbons (Fsp3) is 0.250. The number of benzene rings is 2. The molecular weight excluding hydrogens is 279 g/mol. The largest absolute Gasteiger partial charge is 0.485 e. The highest BCUT2D eigenvalue weighted by Gasteiger charge is 2.34. The molecule has 0 saturated heterocycles. The number of nitrogens with two attached hydrogens (primary N) is 1. The summed E-state index contributed by atoms with van der Waals surface area (Å²) >= 11 is 0. The Balaban J connectivity index is 2.30. The van der Waals surface area contributed by atoms with Crippen LogP contribution in [0.4, 0.5) is 13.2 Å². The molecule has 5 heteroatoms. The number of para-hydroxylation sites is 1. The van der Waals surface area contributed by atoms with Crippen LogP contribution in [0.5, 0.6) is 5.75 Å². The van der Waals surface area contributed by atoms with Crippen molar-refractivity contribution in [3.05, 3.63) is 65.7 Å². The second kappa shape index (κ2) is 6.63. The van der Waals surface area contributed by atoms with Crippen LogP contribution < -0.4 is 10.5 Å². The minimum absolute atomic E-state index is 0.174. The van der Waals surface area contributed by atoms with E-state index < -0.39 is 17.8 Å². The Morgan fingerprint density at radius 3 is 2.19 bits per heavy atom. The van der Waals surface area contributed by atoms with Crippen molar-refractivity contribution >= 4 is 0 Å². The minimum atomic E-state index is -4.44. The van der Waals surface area contributed by atoms with E-state index in [9.17, 15) is 13.2 Å². The van der Waals surface area contributed by atoms with Gasteiger partial charge in [-0.05, 0) is 24.2 Å². The van der Waals surface area contributed by atoms with E-state index >= 15 is 0 Å². The summed E-state index contributed by atoms with van der Waals surface area (Å²) in [6.45, 7) is 0.327. The van der Waals surface area contributed by atoms with Gasteiger partial charge in [-0.25, -0.2) is 0 Å². The maximum absolute atomic E-state index is 13.0. The molecular formula is C16H16F3NO. The fourth-order valence-corrected chi connectivity index (χ4v) is 2.07. The van der Waals surface area contributed by atoms with Crippen LogP contribution in [-0.2, 0) is 6.18 Å². The Morgan fingerprint density at radius 2 is 1.57 bits per heavy atom. The van der Waals surface area contributed by atoms with E-state index in [1.807, 2.05) is 30.3 Å². The van der Waals surface area contributed by atoms with Gasteiger partial charge in [0.1, 0.15) is 11.9 Å². The van der Waals surface area contributed by atoms with Crippen LogP contribution in [0.2, 0.25) is 0 Å². The van der Waals surface area contributed by atoms with Gasteiger partial charge in [0.15, 0.2) is 0 Å². The van der Waals surface area contributed by atoms with Gasteiger partial charge in [-0.15, -0.1) is 0 Å². The molecule has 2 N–H and O–H groups in total. The van der Waals surface area contributed by atoms with E-state index in [-0.39, 0.29) is 5.75 Å². The summed E-state index contributed by atoms with van der Waals surface area (Å²) in [5.74, 6) is -0.174. The van der Waals surface area contributed by atoms with E-state index in [4.69, 9.17) is 10.5 Å². The Hall–Kier alpha value is -2.01. The number of ether oxygens (including phenoxy) is 1. The van der Waals surface area contributed by atoms with Gasteiger partial charge in [-0.1, -0.05) is 42.5 Å². The van der Waals surface area contributed by atoms with Crippen molar-refractivity contribution < 1.29 is 17.9 Å². The highest BCUT2D eigenvalue weighted by Crippen LogP contribution is 2.38. The van der Waals surface area contributed by atoms with Crippen molar-refractivity contribution in [1.82, 2.24) is 0 Å². The van der Waals surface area contributed by atoms with Crippen molar-refractivity contribution in [2.75, 3.05) is 6.54 Å². The molecule has 2 aromatic carbocycles. The van der Waals surface area contributed by atoms with Gasteiger partial charge >= 0.3 is 6.18 Å². The number of halogens is 3. The van der Waals surface area contributed by atoms with Crippen LogP contribution in [0.25, 0.3) is 0 Å². The Kier molecular flexibility index (Phi) is 4.85. The topological polar surface area (TPSA) is 35.2 Å². The maximum atomic E-state index is 13.0. The molecule has 0 spiro atoms. The molecule has 0 aliphatic rings. The van der Waals surface area contributed by atoms with Crippen molar-refractivity contribution in [2.24, 2.45) is 5.73 Å². The van der Waals surface area contributed by atoms with E-state index in [0.29, 0.717) is 13.0 Å². The highest BCUT2D eigenvalue weighted by atomic mass is 19.4. The van der Waals surface area contributed by atoms with E-state index in [1.165, 1.54) is 18.2 Å². The van der Waals surface area contributed by atoms with Crippen molar-refractivity contribution in [1.29, 1.82) is 0 Å². The molecule has 0 fully saturated rings. The quantitative estimate of drug-likeness (QED) is 0.898. The molecule has 21 heavy (non-hydrogen) atoms. The maximum Gasteiger partial charge on any atom is 0.419 e. The van der Waals surface area contributed by atoms with Crippen LogP contribution in [0.3, 0.4) is 0 Å². The van der Waals surface area contributed by atoms with Crippen molar-refractivity contribution in [3.8, 4) is 5.75 Å². The predicted molar refractivity (Wildman–Crippen MR) is 74.9 cm³/mol. The molecule has 1 unspecified atom stereocenters. The lowest BCUT2D eigenvalue weighted by Gasteiger charge is -2.21. The zero-order chi connectivity index (χ0) is 15.3. The summed E-state index contributed by atoms with van der Waals surface area (Å²) in [6, 6.07) is 14.3. The minimum Gasteiger partial charge on any atom is -0.485 e. The van der Waals surface area contributed by atoms with Gasteiger partial charge in [0.05, 0.1) is 5.56 Å². The smallest absolute Gasteiger partial charge is 0.419 e. The second-order valence-corrected chi connectivity index (χ2v) is 4.59. The van der Waals surface area contributed by atoms with Crippen LogP contribution >= 0.6 is 0 Å². The zero-order valence-electron chi connectivity index (χ0n) is 11.3. The predicted octanol–water partition coefficient (Wildman–Crippen LogP) is 4.17. The molecule has 1 atom stereocenters. The molecule has 0 heterocycles. The average Bonchev–Trinajstić information content (AvgIpc) is 2.47. The Labute approximate surface area is 121 Å². The van der Waals surface area contributed by atoms with Crippen LogP contribution in [0.15, 0.2) is 54.6 Å². The SMILES string of the molecule is NCCC(Oc1ccccc1C(F)(F)F)c1ccccc1. The van der Waals surface area contributed by atoms with Gasteiger partial charge < -0.3 is 10.5 Å². The molecule has 2 aromatic rings. The summed E-state index contributed by atoms with van der Waals surface area (Å²) < 4.78 is 44.5. The van der Waals surface area contributed by atoms with Gasteiger partial charge in [-0.2, -0.15) is 13.2 Å². The molecule has 0 aromatic heterocycles. The number of alkyl halides is 3. The molecule has 0 saturated carbocycles. The summed E-state index contributed by atoms with van der Waals surface area (Å²) in [6.07, 6.45) is -4.50. The first-order valence-corrected chi connectivity index (χ1v) is 6.60. The molecule has 112 valence electrons.